The lowest BCUT2D eigenvalue weighted by molar-refractivity contribution is -0.926. The summed E-state index contributed by atoms with van der Waals surface area (Å²) in [4.78, 5) is 0. The summed E-state index contributed by atoms with van der Waals surface area (Å²) in [6.45, 7) is 17.3. The lowest BCUT2D eigenvalue weighted by Crippen LogP contribution is -2.50. The predicted octanol–water partition coefficient (Wildman–Crippen LogP) is 3.94. The fraction of sp³-hybridized carbons (Fsp3) is 1.00. The van der Waals surface area contributed by atoms with Gasteiger partial charge in [-0.2, -0.15) is 0 Å². The van der Waals surface area contributed by atoms with Gasteiger partial charge in [-0.15, -0.1) is 0 Å². The van der Waals surface area contributed by atoms with Gasteiger partial charge in [-0.25, -0.2) is 0 Å². The molecule has 0 aromatic rings. The predicted molar refractivity (Wildman–Crippen MR) is 72.4 cm³/mol. The van der Waals surface area contributed by atoms with Gasteiger partial charge in [0, 0.05) is 5.92 Å². The topological polar surface area (TPSA) is 0 Å². The third kappa shape index (κ3) is 3.23. The minimum Gasteiger partial charge on any atom is -0.324 e. The monoisotopic (exact) mass is 226 g/mol. The number of hydrogen-bond donors (Lipinski definition) is 0. The molecule has 0 bridgehead atoms. The second-order valence-corrected chi connectivity index (χ2v) is 6.16. The van der Waals surface area contributed by atoms with Crippen molar-refractivity contribution < 1.29 is 4.48 Å². The highest BCUT2D eigenvalue weighted by Gasteiger charge is 2.33. The molecule has 1 heteroatoms. The Balaban J connectivity index is 2.48. The third-order valence-corrected chi connectivity index (χ3v) is 5.18. The third-order valence-electron chi connectivity index (χ3n) is 5.18. The van der Waals surface area contributed by atoms with Crippen LogP contribution >= 0.6 is 0 Å². The van der Waals surface area contributed by atoms with Crippen LogP contribution in [0.1, 0.15) is 53.9 Å². The van der Waals surface area contributed by atoms with Crippen LogP contribution in [-0.4, -0.2) is 30.7 Å². The van der Waals surface area contributed by atoms with E-state index in [9.17, 15) is 0 Å². The first-order valence-corrected chi connectivity index (χ1v) is 7.42. The maximum Gasteiger partial charge on any atom is 0.0815 e. The van der Waals surface area contributed by atoms with E-state index >= 15 is 0 Å². The van der Waals surface area contributed by atoms with Gasteiger partial charge in [0.1, 0.15) is 0 Å². The maximum absolute atomic E-state index is 2.40. The van der Waals surface area contributed by atoms with E-state index in [1.165, 1.54) is 49.9 Å². The van der Waals surface area contributed by atoms with Crippen molar-refractivity contribution >= 4 is 0 Å². The molecular formula is C15H32N+. The quantitative estimate of drug-likeness (QED) is 0.602. The molecule has 16 heavy (non-hydrogen) atoms. The Labute approximate surface area is 103 Å². The van der Waals surface area contributed by atoms with Crippen molar-refractivity contribution in [3.05, 3.63) is 0 Å². The number of rotatable bonds is 6. The van der Waals surface area contributed by atoms with Gasteiger partial charge in [-0.05, 0) is 51.9 Å². The lowest BCUT2D eigenvalue weighted by atomic mass is 9.93. The van der Waals surface area contributed by atoms with Gasteiger partial charge in [0.15, 0.2) is 0 Å². The van der Waals surface area contributed by atoms with Crippen molar-refractivity contribution in [1.29, 1.82) is 0 Å². The molecule has 0 aromatic carbocycles. The first kappa shape index (κ1) is 14.0. The number of hydrogen-bond acceptors (Lipinski definition) is 0. The SMILES string of the molecule is CC[N+](CC)(CC)CC1CCC(C(C)C)C1. The van der Waals surface area contributed by atoms with Gasteiger partial charge >= 0.3 is 0 Å². The van der Waals surface area contributed by atoms with Crippen LogP contribution in [-0.2, 0) is 0 Å². The van der Waals surface area contributed by atoms with E-state index in [1.807, 2.05) is 0 Å². The summed E-state index contributed by atoms with van der Waals surface area (Å²) in [5.74, 6) is 2.92. The highest BCUT2D eigenvalue weighted by atomic mass is 15.3. The Bertz CT molecular complexity index is 185. The first-order valence-electron chi connectivity index (χ1n) is 7.42. The van der Waals surface area contributed by atoms with E-state index in [2.05, 4.69) is 34.6 Å². The standard InChI is InChI=1S/C15H32N/c1-6-16(7-2,8-3)12-14-9-10-15(11-14)13(4)5/h13-15H,6-12H2,1-5H3/q+1. The smallest absolute Gasteiger partial charge is 0.0815 e. The molecule has 0 spiro atoms. The highest BCUT2D eigenvalue weighted by Crippen LogP contribution is 2.36. The molecule has 0 saturated heterocycles. The zero-order valence-corrected chi connectivity index (χ0v) is 12.1. The van der Waals surface area contributed by atoms with E-state index in [0.29, 0.717) is 0 Å². The average Bonchev–Trinajstić information content (AvgIpc) is 2.74. The molecule has 1 rings (SSSR count). The van der Waals surface area contributed by atoms with Crippen LogP contribution in [0.15, 0.2) is 0 Å². The summed E-state index contributed by atoms with van der Waals surface area (Å²) in [5.41, 5.74) is 0. The van der Waals surface area contributed by atoms with Crippen molar-refractivity contribution in [3.8, 4) is 0 Å². The van der Waals surface area contributed by atoms with Gasteiger partial charge in [0.2, 0.25) is 0 Å². The highest BCUT2D eigenvalue weighted by molar-refractivity contribution is 4.77. The summed E-state index contributed by atoms with van der Waals surface area (Å²) in [5, 5.41) is 0. The van der Waals surface area contributed by atoms with Crippen LogP contribution in [0.5, 0.6) is 0 Å². The Morgan fingerprint density at radius 1 is 1.00 bits per heavy atom. The lowest BCUT2D eigenvalue weighted by Gasteiger charge is -2.38. The Hall–Kier alpha value is -0.0400. The van der Waals surface area contributed by atoms with Gasteiger partial charge in [-0.3, -0.25) is 0 Å². The van der Waals surface area contributed by atoms with Crippen LogP contribution in [0.25, 0.3) is 0 Å². The largest absolute Gasteiger partial charge is 0.324 e. The van der Waals surface area contributed by atoms with Gasteiger partial charge < -0.3 is 4.48 Å². The molecule has 1 aliphatic rings. The van der Waals surface area contributed by atoms with Crippen LogP contribution in [0.3, 0.4) is 0 Å². The molecular weight excluding hydrogens is 194 g/mol. The van der Waals surface area contributed by atoms with Crippen molar-refractivity contribution in [1.82, 2.24) is 0 Å². The van der Waals surface area contributed by atoms with Crippen molar-refractivity contribution in [2.75, 3.05) is 26.2 Å². The van der Waals surface area contributed by atoms with E-state index in [-0.39, 0.29) is 0 Å². The van der Waals surface area contributed by atoms with E-state index in [0.717, 1.165) is 17.8 Å². The summed E-state index contributed by atoms with van der Waals surface area (Å²) in [7, 11) is 0. The second kappa shape index (κ2) is 6.05. The summed E-state index contributed by atoms with van der Waals surface area (Å²) >= 11 is 0. The number of quaternary nitrogens is 1. The van der Waals surface area contributed by atoms with Crippen LogP contribution in [0.4, 0.5) is 0 Å². The summed E-state index contributed by atoms with van der Waals surface area (Å²) < 4.78 is 1.34. The maximum atomic E-state index is 2.40. The Morgan fingerprint density at radius 2 is 1.56 bits per heavy atom. The molecule has 0 aromatic heterocycles. The van der Waals surface area contributed by atoms with E-state index in [4.69, 9.17) is 0 Å². The zero-order chi connectivity index (χ0) is 12.2. The summed E-state index contributed by atoms with van der Waals surface area (Å²) in [6.07, 6.45) is 4.47. The molecule has 0 radical (unpaired) electrons. The van der Waals surface area contributed by atoms with Crippen molar-refractivity contribution in [3.63, 3.8) is 0 Å². The minimum absolute atomic E-state index is 0.900. The zero-order valence-electron chi connectivity index (χ0n) is 12.1. The molecule has 0 N–H and O–H groups in total. The molecule has 0 aliphatic heterocycles. The molecule has 2 unspecified atom stereocenters. The molecule has 0 heterocycles. The van der Waals surface area contributed by atoms with E-state index < -0.39 is 0 Å². The van der Waals surface area contributed by atoms with Gasteiger partial charge in [0.05, 0.1) is 26.2 Å². The van der Waals surface area contributed by atoms with Crippen molar-refractivity contribution in [2.45, 2.75) is 53.9 Å². The van der Waals surface area contributed by atoms with Gasteiger partial charge in [-0.1, -0.05) is 13.8 Å². The number of nitrogens with zero attached hydrogens (tertiary/aromatic N) is 1. The van der Waals surface area contributed by atoms with Gasteiger partial charge in [0.25, 0.3) is 0 Å². The molecule has 2 atom stereocenters. The van der Waals surface area contributed by atoms with Crippen LogP contribution < -0.4 is 0 Å². The van der Waals surface area contributed by atoms with E-state index in [1.54, 1.807) is 0 Å². The fourth-order valence-electron chi connectivity index (χ4n) is 3.49. The summed E-state index contributed by atoms with van der Waals surface area (Å²) in [6, 6.07) is 0. The van der Waals surface area contributed by atoms with Crippen LogP contribution in [0.2, 0.25) is 0 Å². The van der Waals surface area contributed by atoms with Crippen molar-refractivity contribution in [2.24, 2.45) is 17.8 Å². The molecule has 1 aliphatic carbocycles. The normalized spacial score (nSPS) is 26.6. The molecule has 1 saturated carbocycles. The Kier molecular flexibility index (Phi) is 5.30. The van der Waals surface area contributed by atoms with Crippen LogP contribution in [0, 0.1) is 17.8 Å². The average molecular weight is 226 g/mol. The first-order chi connectivity index (χ1) is 7.56. The molecule has 0 amide bonds. The minimum atomic E-state index is 0.900. The molecule has 1 nitrogen and oxygen atoms in total. The Morgan fingerprint density at radius 3 is 1.94 bits per heavy atom. The fourth-order valence-corrected chi connectivity index (χ4v) is 3.49. The molecule has 96 valence electrons. The second-order valence-electron chi connectivity index (χ2n) is 6.16. The molecule has 1 fully saturated rings.